The highest BCUT2D eigenvalue weighted by Gasteiger charge is 2.21. The minimum atomic E-state index is -0.894. The number of benzene rings is 2. The van der Waals surface area contributed by atoms with E-state index in [1.807, 2.05) is 0 Å². The van der Waals surface area contributed by atoms with Gasteiger partial charge in [0.1, 0.15) is 29.7 Å². The Bertz CT molecular complexity index is 818. The molecular formula is C18H17F2NO5. The van der Waals surface area contributed by atoms with E-state index < -0.39 is 23.3 Å². The predicted molar refractivity (Wildman–Crippen MR) is 90.1 cm³/mol. The van der Waals surface area contributed by atoms with E-state index in [1.165, 1.54) is 33.5 Å². The lowest BCUT2D eigenvalue weighted by Crippen LogP contribution is -2.18. The van der Waals surface area contributed by atoms with Crippen molar-refractivity contribution in [3.8, 4) is 11.5 Å². The first-order chi connectivity index (χ1) is 12.4. The van der Waals surface area contributed by atoms with Gasteiger partial charge in [-0.1, -0.05) is 0 Å². The molecule has 0 saturated carbocycles. The second-order valence-corrected chi connectivity index (χ2v) is 5.22. The van der Waals surface area contributed by atoms with E-state index in [-0.39, 0.29) is 29.2 Å². The molecule has 2 aromatic carbocycles. The number of rotatable bonds is 7. The fraction of sp³-hybridized carbons (Fsp3) is 0.222. The number of carbonyl (C=O) groups excluding carboxylic acids is 2. The van der Waals surface area contributed by atoms with E-state index in [0.29, 0.717) is 11.8 Å². The summed E-state index contributed by atoms with van der Waals surface area (Å²) in [5.41, 5.74) is -0.118. The third-order valence-electron chi connectivity index (χ3n) is 3.46. The molecule has 8 heteroatoms. The summed E-state index contributed by atoms with van der Waals surface area (Å²) < 4.78 is 41.8. The van der Waals surface area contributed by atoms with Crippen LogP contribution in [0.25, 0.3) is 0 Å². The van der Waals surface area contributed by atoms with Gasteiger partial charge in [0, 0.05) is 30.9 Å². The van der Waals surface area contributed by atoms with Gasteiger partial charge in [0.25, 0.3) is 5.91 Å². The number of ketones is 1. The topological polar surface area (TPSA) is 73.9 Å². The molecule has 0 spiro atoms. The van der Waals surface area contributed by atoms with Crippen molar-refractivity contribution in [2.75, 3.05) is 33.3 Å². The first-order valence-electron chi connectivity index (χ1n) is 7.45. The Morgan fingerprint density at radius 1 is 0.962 bits per heavy atom. The number of methoxy groups -OCH3 is 3. The van der Waals surface area contributed by atoms with Gasteiger partial charge in [-0.15, -0.1) is 0 Å². The summed E-state index contributed by atoms with van der Waals surface area (Å²) in [5, 5.41) is 2.46. The van der Waals surface area contributed by atoms with Gasteiger partial charge in [-0.3, -0.25) is 9.59 Å². The zero-order valence-electron chi connectivity index (χ0n) is 14.4. The molecule has 0 unspecified atom stereocenters. The lowest BCUT2D eigenvalue weighted by Gasteiger charge is -2.16. The van der Waals surface area contributed by atoms with Crippen LogP contribution in [-0.4, -0.2) is 39.6 Å². The van der Waals surface area contributed by atoms with Crippen LogP contribution in [0.3, 0.4) is 0 Å². The molecule has 6 nitrogen and oxygen atoms in total. The van der Waals surface area contributed by atoms with Crippen molar-refractivity contribution < 1.29 is 32.6 Å². The molecule has 0 aliphatic carbocycles. The summed E-state index contributed by atoms with van der Waals surface area (Å²) in [6.45, 7) is -0.250. The molecule has 0 fully saturated rings. The number of amides is 1. The quantitative estimate of drug-likeness (QED) is 0.764. The van der Waals surface area contributed by atoms with Crippen LogP contribution in [0.2, 0.25) is 0 Å². The molecule has 0 aliphatic heterocycles. The van der Waals surface area contributed by atoms with Crippen molar-refractivity contribution in [3.05, 3.63) is 53.1 Å². The van der Waals surface area contributed by atoms with Crippen molar-refractivity contribution in [2.24, 2.45) is 0 Å². The summed E-state index contributed by atoms with van der Waals surface area (Å²) in [4.78, 5) is 24.7. The van der Waals surface area contributed by atoms with Crippen LogP contribution in [0.15, 0.2) is 30.3 Å². The van der Waals surface area contributed by atoms with Crippen LogP contribution in [0.4, 0.5) is 14.5 Å². The van der Waals surface area contributed by atoms with Crippen molar-refractivity contribution in [1.29, 1.82) is 0 Å². The lowest BCUT2D eigenvalue weighted by atomic mass is 10.1. The maximum Gasteiger partial charge on any atom is 0.255 e. The van der Waals surface area contributed by atoms with Crippen LogP contribution in [-0.2, 0) is 4.74 Å². The molecule has 0 bridgehead atoms. The smallest absolute Gasteiger partial charge is 0.255 e. The van der Waals surface area contributed by atoms with Gasteiger partial charge in [0.05, 0.1) is 25.5 Å². The molecule has 138 valence electrons. The molecule has 1 amide bonds. The molecule has 1 N–H and O–H groups in total. The van der Waals surface area contributed by atoms with Crippen molar-refractivity contribution in [3.63, 3.8) is 0 Å². The van der Waals surface area contributed by atoms with Crippen LogP contribution < -0.4 is 14.8 Å². The van der Waals surface area contributed by atoms with Gasteiger partial charge in [0.2, 0.25) is 0 Å². The Morgan fingerprint density at radius 2 is 1.62 bits per heavy atom. The van der Waals surface area contributed by atoms with E-state index in [2.05, 4.69) is 5.32 Å². The Labute approximate surface area is 148 Å². The van der Waals surface area contributed by atoms with Crippen LogP contribution in [0, 0.1) is 11.6 Å². The first-order valence-corrected chi connectivity index (χ1v) is 7.45. The third kappa shape index (κ3) is 4.34. The maximum atomic E-state index is 13.3. The zero-order chi connectivity index (χ0) is 19.3. The van der Waals surface area contributed by atoms with Gasteiger partial charge in [0.15, 0.2) is 5.78 Å². The number of halogens is 2. The second-order valence-electron chi connectivity index (χ2n) is 5.22. The average molecular weight is 365 g/mol. The minimum Gasteiger partial charge on any atom is -0.497 e. The molecule has 2 aromatic rings. The number of Topliss-reactive ketones (excluding diaryl/α,β-unsaturated/α-hetero) is 1. The highest BCUT2D eigenvalue weighted by molar-refractivity contribution is 6.11. The van der Waals surface area contributed by atoms with Gasteiger partial charge in [-0.05, 0) is 12.1 Å². The fourth-order valence-electron chi connectivity index (χ4n) is 2.34. The Hall–Kier alpha value is -3.00. The normalized spacial score (nSPS) is 10.3. The molecule has 2 rings (SSSR count). The molecule has 0 heterocycles. The van der Waals surface area contributed by atoms with E-state index in [9.17, 15) is 18.4 Å². The summed E-state index contributed by atoms with van der Waals surface area (Å²) in [7, 11) is 4.10. The summed E-state index contributed by atoms with van der Waals surface area (Å²) >= 11 is 0. The Kier molecular flexibility index (Phi) is 6.24. The number of ether oxygens (including phenoxy) is 3. The summed E-state index contributed by atoms with van der Waals surface area (Å²) in [6, 6.07) is 5.29. The zero-order valence-corrected chi connectivity index (χ0v) is 14.4. The van der Waals surface area contributed by atoms with E-state index in [0.717, 1.165) is 12.1 Å². The van der Waals surface area contributed by atoms with Gasteiger partial charge >= 0.3 is 0 Å². The number of hydrogen-bond donors (Lipinski definition) is 1. The molecule has 26 heavy (non-hydrogen) atoms. The second kappa shape index (κ2) is 8.39. The van der Waals surface area contributed by atoms with Gasteiger partial charge in [-0.2, -0.15) is 0 Å². The third-order valence-corrected chi connectivity index (χ3v) is 3.46. The Balaban J connectivity index is 2.48. The maximum absolute atomic E-state index is 13.3. The SMILES string of the molecule is COCC(=O)c1c(NC(=O)c2cc(F)cc(F)c2)cc(OC)cc1OC. The summed E-state index contributed by atoms with van der Waals surface area (Å²) in [5.74, 6) is -2.57. The first kappa shape index (κ1) is 19.3. The average Bonchev–Trinajstić information content (AvgIpc) is 2.60. The van der Waals surface area contributed by atoms with Crippen LogP contribution >= 0.6 is 0 Å². The van der Waals surface area contributed by atoms with Gasteiger partial charge in [-0.25, -0.2) is 8.78 Å². The lowest BCUT2D eigenvalue weighted by molar-refractivity contribution is 0.0846. The van der Waals surface area contributed by atoms with Crippen LogP contribution in [0.1, 0.15) is 20.7 Å². The number of carbonyl (C=O) groups is 2. The van der Waals surface area contributed by atoms with Gasteiger partial charge < -0.3 is 19.5 Å². The fourth-order valence-corrected chi connectivity index (χ4v) is 2.34. The molecule has 0 aliphatic rings. The number of nitrogens with one attached hydrogen (secondary N) is 1. The highest BCUT2D eigenvalue weighted by Crippen LogP contribution is 2.33. The van der Waals surface area contributed by atoms with Crippen molar-refractivity contribution >= 4 is 17.4 Å². The summed E-state index contributed by atoms with van der Waals surface area (Å²) in [6.07, 6.45) is 0. The van der Waals surface area contributed by atoms with Crippen molar-refractivity contribution in [2.45, 2.75) is 0 Å². The molecule has 0 radical (unpaired) electrons. The van der Waals surface area contributed by atoms with E-state index >= 15 is 0 Å². The Morgan fingerprint density at radius 3 is 2.15 bits per heavy atom. The molecular weight excluding hydrogens is 348 g/mol. The number of anilines is 1. The van der Waals surface area contributed by atoms with E-state index in [1.54, 1.807) is 0 Å². The highest BCUT2D eigenvalue weighted by atomic mass is 19.1. The molecule has 0 saturated heterocycles. The van der Waals surface area contributed by atoms with Crippen LogP contribution in [0.5, 0.6) is 11.5 Å². The largest absolute Gasteiger partial charge is 0.497 e. The predicted octanol–water partition coefficient (Wildman–Crippen LogP) is 3.06. The van der Waals surface area contributed by atoms with Crippen molar-refractivity contribution in [1.82, 2.24) is 0 Å². The number of hydrogen-bond acceptors (Lipinski definition) is 5. The minimum absolute atomic E-state index is 0.0559. The molecule has 0 atom stereocenters. The monoisotopic (exact) mass is 365 g/mol. The molecule has 0 aromatic heterocycles. The van der Waals surface area contributed by atoms with E-state index in [4.69, 9.17) is 14.2 Å². The standard InChI is InChI=1S/C18H17F2NO5/c1-24-9-15(22)17-14(7-13(25-2)8-16(17)26-3)21-18(23)10-4-11(19)6-12(20)5-10/h4-8H,9H2,1-3H3,(H,21,23).